The van der Waals surface area contributed by atoms with Crippen molar-refractivity contribution in [2.75, 3.05) is 11.8 Å². The molecular formula is C12H15ClN4O2S2. The van der Waals surface area contributed by atoms with E-state index in [4.69, 9.17) is 11.6 Å². The van der Waals surface area contributed by atoms with Gasteiger partial charge in [-0.25, -0.2) is 8.42 Å². The molecule has 0 amide bonds. The summed E-state index contributed by atoms with van der Waals surface area (Å²) in [5.41, 5.74) is 0.835. The van der Waals surface area contributed by atoms with Crippen molar-refractivity contribution in [1.82, 2.24) is 15.5 Å². The first-order chi connectivity index (χ1) is 9.96. The van der Waals surface area contributed by atoms with Crippen molar-refractivity contribution < 1.29 is 8.42 Å². The van der Waals surface area contributed by atoms with Crippen LogP contribution >= 0.6 is 22.9 Å². The lowest BCUT2D eigenvalue weighted by Crippen LogP contribution is -2.13. The molecule has 0 saturated carbocycles. The minimum Gasteiger partial charge on any atom is -0.316 e. The molecular weight excluding hydrogens is 332 g/mol. The smallest absolute Gasteiger partial charge is 0.263 e. The number of hydrogen-bond donors (Lipinski definition) is 2. The topological polar surface area (TPSA) is 84.0 Å². The van der Waals surface area contributed by atoms with E-state index in [0.29, 0.717) is 18.0 Å². The van der Waals surface area contributed by atoms with E-state index in [1.807, 2.05) is 6.92 Å². The van der Waals surface area contributed by atoms with Crippen LogP contribution in [-0.4, -0.2) is 25.7 Å². The Kier molecular flexibility index (Phi) is 5.15. The van der Waals surface area contributed by atoms with Gasteiger partial charge in [0.15, 0.2) is 0 Å². The van der Waals surface area contributed by atoms with Gasteiger partial charge >= 0.3 is 0 Å². The van der Waals surface area contributed by atoms with Crippen molar-refractivity contribution in [2.45, 2.75) is 24.8 Å². The Morgan fingerprint density at radius 1 is 1.33 bits per heavy atom. The van der Waals surface area contributed by atoms with Crippen LogP contribution in [0, 0.1) is 0 Å². The molecule has 0 unspecified atom stereocenters. The molecule has 1 aromatic heterocycles. The fraction of sp³-hybridized carbons (Fsp3) is 0.333. The molecule has 0 aliphatic heterocycles. The standard InChI is InChI=1S/C12H15ClN4O2S2/c1-3-11-15-16-12(20-11)17-21(18,19)9-5-4-8(7-14-2)10(13)6-9/h4-6,14H,3,7H2,1-2H3,(H,16,17). The first kappa shape index (κ1) is 16.2. The number of aromatic nitrogens is 2. The minimum absolute atomic E-state index is 0.0978. The normalized spacial score (nSPS) is 11.6. The Hall–Kier alpha value is -1.22. The highest BCUT2D eigenvalue weighted by Gasteiger charge is 2.18. The number of aryl methyl sites for hydroxylation is 1. The molecule has 0 fully saturated rings. The largest absolute Gasteiger partial charge is 0.316 e. The van der Waals surface area contributed by atoms with Crippen molar-refractivity contribution >= 4 is 38.1 Å². The van der Waals surface area contributed by atoms with Crippen LogP contribution in [0.25, 0.3) is 0 Å². The first-order valence-electron chi connectivity index (χ1n) is 6.24. The fourth-order valence-electron chi connectivity index (χ4n) is 1.64. The fourth-order valence-corrected chi connectivity index (χ4v) is 3.89. The Balaban J connectivity index is 2.24. The molecule has 2 aromatic rings. The van der Waals surface area contributed by atoms with Crippen LogP contribution in [0.2, 0.25) is 5.02 Å². The number of halogens is 1. The first-order valence-corrected chi connectivity index (χ1v) is 8.92. The molecule has 0 aliphatic carbocycles. The average Bonchev–Trinajstić information content (AvgIpc) is 2.88. The molecule has 0 saturated heterocycles. The molecule has 114 valence electrons. The Bertz CT molecular complexity index is 731. The second-order valence-electron chi connectivity index (χ2n) is 4.24. The predicted molar refractivity (Wildman–Crippen MR) is 84.3 cm³/mol. The van der Waals surface area contributed by atoms with E-state index in [-0.39, 0.29) is 10.0 Å². The minimum atomic E-state index is -3.71. The zero-order chi connectivity index (χ0) is 15.5. The van der Waals surface area contributed by atoms with Gasteiger partial charge in [-0.3, -0.25) is 4.72 Å². The lowest BCUT2D eigenvalue weighted by molar-refractivity contribution is 0.601. The summed E-state index contributed by atoms with van der Waals surface area (Å²) in [4.78, 5) is 0.0978. The maximum Gasteiger partial charge on any atom is 0.263 e. The Morgan fingerprint density at radius 3 is 2.67 bits per heavy atom. The van der Waals surface area contributed by atoms with E-state index in [2.05, 4.69) is 20.2 Å². The maximum atomic E-state index is 12.3. The molecule has 2 N–H and O–H groups in total. The van der Waals surface area contributed by atoms with Crippen LogP contribution in [0.1, 0.15) is 17.5 Å². The lowest BCUT2D eigenvalue weighted by Gasteiger charge is -2.08. The maximum absolute atomic E-state index is 12.3. The number of hydrogen-bond acceptors (Lipinski definition) is 6. The highest BCUT2D eigenvalue weighted by Crippen LogP contribution is 2.24. The number of rotatable bonds is 6. The zero-order valence-corrected chi connectivity index (χ0v) is 13.9. The predicted octanol–water partition coefficient (Wildman–Crippen LogP) is 2.27. The van der Waals surface area contributed by atoms with Gasteiger partial charge in [-0.1, -0.05) is 35.9 Å². The van der Waals surface area contributed by atoms with Crippen molar-refractivity contribution in [2.24, 2.45) is 0 Å². The molecule has 1 heterocycles. The summed E-state index contributed by atoms with van der Waals surface area (Å²) in [6.45, 7) is 2.50. The number of nitrogens with one attached hydrogen (secondary N) is 2. The highest BCUT2D eigenvalue weighted by molar-refractivity contribution is 7.93. The molecule has 2 rings (SSSR count). The Morgan fingerprint density at radius 2 is 2.10 bits per heavy atom. The van der Waals surface area contributed by atoms with E-state index >= 15 is 0 Å². The molecule has 0 radical (unpaired) electrons. The van der Waals surface area contributed by atoms with Crippen LogP contribution in [0.15, 0.2) is 23.1 Å². The van der Waals surface area contributed by atoms with Crippen LogP contribution in [0.3, 0.4) is 0 Å². The van der Waals surface area contributed by atoms with E-state index in [1.54, 1.807) is 13.1 Å². The third-order valence-corrected chi connectivity index (χ3v) is 5.49. The second-order valence-corrected chi connectivity index (χ2v) is 7.40. The molecule has 1 aromatic carbocycles. The third kappa shape index (κ3) is 3.91. The second kappa shape index (κ2) is 6.69. The highest BCUT2D eigenvalue weighted by atomic mass is 35.5. The van der Waals surface area contributed by atoms with E-state index in [0.717, 1.165) is 10.6 Å². The van der Waals surface area contributed by atoms with E-state index < -0.39 is 10.0 Å². The molecule has 0 aliphatic rings. The van der Waals surface area contributed by atoms with Crippen molar-refractivity contribution in [1.29, 1.82) is 0 Å². The molecule has 0 spiro atoms. The van der Waals surface area contributed by atoms with E-state index in [9.17, 15) is 8.42 Å². The van der Waals surface area contributed by atoms with Gasteiger partial charge in [0.1, 0.15) is 5.01 Å². The lowest BCUT2D eigenvalue weighted by atomic mass is 10.2. The van der Waals surface area contributed by atoms with Gasteiger partial charge in [0.25, 0.3) is 10.0 Å². The number of benzene rings is 1. The van der Waals surface area contributed by atoms with Crippen molar-refractivity contribution in [3.8, 4) is 0 Å². The summed E-state index contributed by atoms with van der Waals surface area (Å²) in [7, 11) is -1.91. The van der Waals surface area contributed by atoms with Crippen molar-refractivity contribution in [3.05, 3.63) is 33.8 Å². The number of sulfonamides is 1. The zero-order valence-electron chi connectivity index (χ0n) is 11.6. The van der Waals surface area contributed by atoms with Crippen LogP contribution in [-0.2, 0) is 23.0 Å². The van der Waals surface area contributed by atoms with Gasteiger partial charge in [0.05, 0.1) is 4.90 Å². The molecule has 6 nitrogen and oxygen atoms in total. The van der Waals surface area contributed by atoms with Crippen molar-refractivity contribution in [3.63, 3.8) is 0 Å². The van der Waals surface area contributed by atoms with Gasteiger partial charge in [-0.15, -0.1) is 10.2 Å². The quantitative estimate of drug-likeness (QED) is 0.838. The molecule has 9 heteroatoms. The summed E-state index contributed by atoms with van der Waals surface area (Å²) in [6.07, 6.45) is 0.712. The van der Waals surface area contributed by atoms with E-state index in [1.165, 1.54) is 23.5 Å². The Labute approximate surface area is 132 Å². The third-order valence-electron chi connectivity index (χ3n) is 2.69. The van der Waals surface area contributed by atoms with Crippen LogP contribution in [0.5, 0.6) is 0 Å². The number of nitrogens with zero attached hydrogens (tertiary/aromatic N) is 2. The van der Waals surface area contributed by atoms with Gasteiger partial charge in [0, 0.05) is 11.6 Å². The SMILES string of the molecule is CCc1nnc(NS(=O)(=O)c2ccc(CNC)c(Cl)c2)s1. The molecule has 0 atom stereocenters. The van der Waals surface area contributed by atoms with Gasteiger partial charge in [-0.05, 0) is 31.2 Å². The summed E-state index contributed by atoms with van der Waals surface area (Å²) in [5.74, 6) is 0. The van der Waals surface area contributed by atoms with Gasteiger partial charge in [-0.2, -0.15) is 0 Å². The average molecular weight is 347 g/mol. The molecule has 21 heavy (non-hydrogen) atoms. The van der Waals surface area contributed by atoms with Crippen LogP contribution < -0.4 is 10.0 Å². The summed E-state index contributed by atoms with van der Waals surface area (Å²) in [6, 6.07) is 4.63. The summed E-state index contributed by atoms with van der Waals surface area (Å²) in [5, 5.41) is 12.1. The van der Waals surface area contributed by atoms with Gasteiger partial charge in [0.2, 0.25) is 5.13 Å². The molecule has 0 bridgehead atoms. The summed E-state index contributed by atoms with van der Waals surface area (Å²) < 4.78 is 27.0. The summed E-state index contributed by atoms with van der Waals surface area (Å²) >= 11 is 7.30. The van der Waals surface area contributed by atoms with Gasteiger partial charge < -0.3 is 5.32 Å². The number of anilines is 1. The monoisotopic (exact) mass is 346 g/mol. The van der Waals surface area contributed by atoms with Crippen LogP contribution in [0.4, 0.5) is 5.13 Å².